The van der Waals surface area contributed by atoms with Crippen molar-refractivity contribution in [3.63, 3.8) is 0 Å². The number of halogens is 2. The Balaban J connectivity index is 3.01. The van der Waals surface area contributed by atoms with Gasteiger partial charge in [0.15, 0.2) is 0 Å². The van der Waals surface area contributed by atoms with Crippen LogP contribution in [0.3, 0.4) is 0 Å². The topological polar surface area (TPSA) is 46.5 Å². The number of benzene rings is 1. The maximum Gasteiger partial charge on any atom is 0.342 e. The van der Waals surface area contributed by atoms with E-state index in [9.17, 15) is 9.18 Å². The Labute approximate surface area is 90.7 Å². The summed E-state index contributed by atoms with van der Waals surface area (Å²) in [5.41, 5.74) is -0.504. The van der Waals surface area contributed by atoms with E-state index in [1.165, 1.54) is 12.1 Å². The zero-order valence-corrected chi connectivity index (χ0v) is 8.42. The van der Waals surface area contributed by atoms with E-state index in [4.69, 9.17) is 21.4 Å². The standard InChI is InChI=1S/C10H8ClFO3/c1-6(11)5-15-8-4-2-3-7(12)9(8)10(13)14/h2-4H,1,5H2,(H,13,14). The molecule has 0 atom stereocenters. The fraction of sp³-hybridized carbons (Fsp3) is 0.100. The largest absolute Gasteiger partial charge is 0.487 e. The zero-order chi connectivity index (χ0) is 11.4. The SMILES string of the molecule is C=C(Cl)COc1cccc(F)c1C(=O)O. The number of carbonyl (C=O) groups is 1. The Morgan fingerprint density at radius 1 is 1.60 bits per heavy atom. The quantitative estimate of drug-likeness (QED) is 0.865. The van der Waals surface area contributed by atoms with Crippen molar-refractivity contribution in [2.24, 2.45) is 0 Å². The first kappa shape index (κ1) is 11.5. The summed E-state index contributed by atoms with van der Waals surface area (Å²) in [6, 6.07) is 3.76. The first-order valence-corrected chi connectivity index (χ1v) is 4.38. The second-order valence-electron chi connectivity index (χ2n) is 2.72. The molecule has 15 heavy (non-hydrogen) atoms. The van der Waals surface area contributed by atoms with E-state index >= 15 is 0 Å². The molecule has 80 valence electrons. The van der Waals surface area contributed by atoms with Crippen LogP contribution in [0.25, 0.3) is 0 Å². The molecule has 0 saturated carbocycles. The van der Waals surface area contributed by atoms with Crippen molar-refractivity contribution in [2.75, 3.05) is 6.61 Å². The van der Waals surface area contributed by atoms with E-state index in [0.29, 0.717) is 0 Å². The Bertz CT molecular complexity index is 404. The monoisotopic (exact) mass is 230 g/mol. The van der Waals surface area contributed by atoms with Crippen molar-refractivity contribution in [1.29, 1.82) is 0 Å². The predicted octanol–water partition coefficient (Wildman–Crippen LogP) is 2.66. The molecule has 0 heterocycles. The van der Waals surface area contributed by atoms with Crippen LogP contribution < -0.4 is 4.74 Å². The third-order valence-electron chi connectivity index (χ3n) is 1.57. The van der Waals surface area contributed by atoms with Gasteiger partial charge in [0.05, 0.1) is 0 Å². The molecule has 5 heteroatoms. The van der Waals surface area contributed by atoms with Gasteiger partial charge in [0.25, 0.3) is 0 Å². The summed E-state index contributed by atoms with van der Waals surface area (Å²) in [4.78, 5) is 10.7. The van der Waals surface area contributed by atoms with Crippen LogP contribution in [0.1, 0.15) is 10.4 Å². The van der Waals surface area contributed by atoms with E-state index in [0.717, 1.165) is 6.07 Å². The smallest absolute Gasteiger partial charge is 0.342 e. The lowest BCUT2D eigenvalue weighted by Crippen LogP contribution is -2.06. The minimum absolute atomic E-state index is 0.0642. The highest BCUT2D eigenvalue weighted by atomic mass is 35.5. The summed E-state index contributed by atoms with van der Waals surface area (Å²) in [7, 11) is 0. The molecule has 0 unspecified atom stereocenters. The average molecular weight is 231 g/mol. The molecule has 1 rings (SSSR count). The normalized spacial score (nSPS) is 9.73. The Kier molecular flexibility index (Phi) is 3.68. The highest BCUT2D eigenvalue weighted by Crippen LogP contribution is 2.22. The molecule has 1 N–H and O–H groups in total. The lowest BCUT2D eigenvalue weighted by molar-refractivity contribution is 0.0687. The van der Waals surface area contributed by atoms with Crippen molar-refractivity contribution in [3.05, 3.63) is 41.2 Å². The van der Waals surface area contributed by atoms with Crippen molar-refractivity contribution in [2.45, 2.75) is 0 Å². The number of carboxylic acids is 1. The molecular weight excluding hydrogens is 223 g/mol. The molecule has 0 aliphatic carbocycles. The van der Waals surface area contributed by atoms with E-state index in [2.05, 4.69) is 6.58 Å². The van der Waals surface area contributed by atoms with Crippen LogP contribution in [0.15, 0.2) is 29.8 Å². The van der Waals surface area contributed by atoms with E-state index in [-0.39, 0.29) is 17.4 Å². The molecule has 0 fully saturated rings. The van der Waals surface area contributed by atoms with E-state index < -0.39 is 17.3 Å². The lowest BCUT2D eigenvalue weighted by Gasteiger charge is -2.08. The van der Waals surface area contributed by atoms with Gasteiger partial charge < -0.3 is 9.84 Å². The molecule has 0 bridgehead atoms. The molecule has 1 aromatic rings. The second-order valence-corrected chi connectivity index (χ2v) is 3.26. The fourth-order valence-electron chi connectivity index (χ4n) is 0.988. The third-order valence-corrected chi connectivity index (χ3v) is 1.68. The Morgan fingerprint density at radius 3 is 2.80 bits per heavy atom. The van der Waals surface area contributed by atoms with Crippen LogP contribution >= 0.6 is 11.6 Å². The molecule has 3 nitrogen and oxygen atoms in total. The van der Waals surface area contributed by atoms with Gasteiger partial charge in [-0.3, -0.25) is 0 Å². The molecule has 0 aliphatic rings. The van der Waals surface area contributed by atoms with Gasteiger partial charge in [0.2, 0.25) is 0 Å². The van der Waals surface area contributed by atoms with Gasteiger partial charge in [0.1, 0.15) is 23.7 Å². The third kappa shape index (κ3) is 2.95. The van der Waals surface area contributed by atoms with Crippen LogP contribution in [0, 0.1) is 5.82 Å². The van der Waals surface area contributed by atoms with Gasteiger partial charge in [0, 0.05) is 5.03 Å². The summed E-state index contributed by atoms with van der Waals surface area (Å²) in [5, 5.41) is 8.94. The fourth-order valence-corrected chi connectivity index (χ4v) is 1.04. The van der Waals surface area contributed by atoms with Crippen LogP contribution in [0.5, 0.6) is 5.75 Å². The van der Waals surface area contributed by atoms with Crippen molar-refractivity contribution >= 4 is 17.6 Å². The first-order valence-electron chi connectivity index (χ1n) is 4.00. The molecule has 0 aliphatic heterocycles. The molecule has 0 radical (unpaired) electrons. The summed E-state index contributed by atoms with van der Waals surface area (Å²) in [6.45, 7) is 3.30. The number of aromatic carboxylic acids is 1. The zero-order valence-electron chi connectivity index (χ0n) is 7.67. The van der Waals surface area contributed by atoms with Gasteiger partial charge in [-0.15, -0.1) is 0 Å². The maximum atomic E-state index is 13.1. The molecule has 0 saturated heterocycles. The van der Waals surface area contributed by atoms with Crippen molar-refractivity contribution in [1.82, 2.24) is 0 Å². The van der Waals surface area contributed by atoms with Gasteiger partial charge in [-0.25, -0.2) is 9.18 Å². The summed E-state index contributed by atoms with van der Waals surface area (Å²) in [5.74, 6) is -2.30. The number of carboxylic acid groups (broad SMARTS) is 1. The van der Waals surface area contributed by atoms with E-state index in [1.807, 2.05) is 0 Å². The average Bonchev–Trinajstić information content (AvgIpc) is 2.13. The molecule has 0 spiro atoms. The molecule has 0 amide bonds. The van der Waals surface area contributed by atoms with Crippen molar-refractivity contribution < 1.29 is 19.0 Å². The molecule has 1 aromatic carbocycles. The highest BCUT2D eigenvalue weighted by Gasteiger charge is 2.16. The summed E-state index contributed by atoms with van der Waals surface area (Å²) < 4.78 is 18.1. The Morgan fingerprint density at radius 2 is 2.27 bits per heavy atom. The molecular formula is C10H8ClFO3. The summed E-state index contributed by atoms with van der Waals surface area (Å²) in [6.07, 6.45) is 0. The van der Waals surface area contributed by atoms with Crippen molar-refractivity contribution in [3.8, 4) is 5.75 Å². The Hall–Kier alpha value is -1.55. The van der Waals surface area contributed by atoms with Gasteiger partial charge in [-0.1, -0.05) is 24.2 Å². The number of hydrogen-bond donors (Lipinski definition) is 1. The maximum absolute atomic E-state index is 13.1. The van der Waals surface area contributed by atoms with Gasteiger partial charge in [-0.05, 0) is 12.1 Å². The van der Waals surface area contributed by atoms with Gasteiger partial charge >= 0.3 is 5.97 Å². The molecule has 0 aromatic heterocycles. The highest BCUT2D eigenvalue weighted by molar-refractivity contribution is 6.29. The minimum Gasteiger partial charge on any atom is -0.487 e. The van der Waals surface area contributed by atoms with Crippen LogP contribution in [-0.2, 0) is 0 Å². The minimum atomic E-state index is -1.39. The number of rotatable bonds is 4. The first-order chi connectivity index (χ1) is 7.02. The van der Waals surface area contributed by atoms with E-state index in [1.54, 1.807) is 0 Å². The lowest BCUT2D eigenvalue weighted by atomic mass is 10.2. The predicted molar refractivity (Wildman–Crippen MR) is 53.8 cm³/mol. The van der Waals surface area contributed by atoms with Crippen LogP contribution in [0.4, 0.5) is 4.39 Å². The number of hydrogen-bond acceptors (Lipinski definition) is 2. The second kappa shape index (κ2) is 4.79. The van der Waals surface area contributed by atoms with Crippen LogP contribution in [0.2, 0.25) is 0 Å². The summed E-state index contributed by atoms with van der Waals surface area (Å²) >= 11 is 5.44. The van der Waals surface area contributed by atoms with Gasteiger partial charge in [-0.2, -0.15) is 0 Å². The van der Waals surface area contributed by atoms with Crippen LogP contribution in [-0.4, -0.2) is 17.7 Å². The number of ether oxygens (including phenoxy) is 1.